The molecule has 0 atom stereocenters. The SMILES string of the molecule is Cc1cc(C(=O)NCc2ccc3c(c2)CNC3)ccc1F. The summed E-state index contributed by atoms with van der Waals surface area (Å²) in [5.41, 5.74) is 4.64. The lowest BCUT2D eigenvalue weighted by molar-refractivity contribution is 0.0951. The van der Waals surface area contributed by atoms with Gasteiger partial charge in [-0.05, 0) is 47.4 Å². The maximum atomic E-state index is 13.2. The molecule has 0 aromatic heterocycles. The van der Waals surface area contributed by atoms with Gasteiger partial charge in [0.1, 0.15) is 5.82 Å². The monoisotopic (exact) mass is 284 g/mol. The molecular weight excluding hydrogens is 267 g/mol. The van der Waals surface area contributed by atoms with Gasteiger partial charge >= 0.3 is 0 Å². The first-order valence-electron chi connectivity index (χ1n) is 6.99. The van der Waals surface area contributed by atoms with Crippen LogP contribution in [-0.2, 0) is 19.6 Å². The molecule has 0 bridgehead atoms. The molecule has 1 amide bonds. The van der Waals surface area contributed by atoms with E-state index in [0.717, 1.165) is 18.7 Å². The Bertz CT molecular complexity index is 697. The summed E-state index contributed by atoms with van der Waals surface area (Å²) >= 11 is 0. The second-order valence-corrected chi connectivity index (χ2v) is 5.35. The molecular formula is C17H17FN2O. The number of carbonyl (C=O) groups is 1. The Morgan fingerprint density at radius 2 is 2.00 bits per heavy atom. The molecule has 4 heteroatoms. The molecule has 3 rings (SSSR count). The number of nitrogens with one attached hydrogen (secondary N) is 2. The van der Waals surface area contributed by atoms with E-state index in [0.29, 0.717) is 17.7 Å². The third kappa shape index (κ3) is 2.95. The predicted octanol–water partition coefficient (Wildman–Crippen LogP) is 2.67. The first-order chi connectivity index (χ1) is 10.1. The van der Waals surface area contributed by atoms with Crippen LogP contribution in [0.1, 0.15) is 32.6 Å². The molecule has 1 aliphatic rings. The fourth-order valence-electron chi connectivity index (χ4n) is 2.53. The van der Waals surface area contributed by atoms with E-state index in [1.807, 2.05) is 6.07 Å². The van der Waals surface area contributed by atoms with Crippen molar-refractivity contribution in [3.05, 3.63) is 70.0 Å². The van der Waals surface area contributed by atoms with Crippen LogP contribution in [-0.4, -0.2) is 5.91 Å². The molecule has 2 aromatic rings. The van der Waals surface area contributed by atoms with E-state index in [1.165, 1.54) is 23.3 Å². The quantitative estimate of drug-likeness (QED) is 0.910. The summed E-state index contributed by atoms with van der Waals surface area (Å²) in [6.07, 6.45) is 0. The van der Waals surface area contributed by atoms with E-state index < -0.39 is 0 Å². The number of halogens is 1. The van der Waals surface area contributed by atoms with Crippen molar-refractivity contribution in [3.8, 4) is 0 Å². The average molecular weight is 284 g/mol. The normalized spacial score (nSPS) is 13.0. The van der Waals surface area contributed by atoms with Gasteiger partial charge in [-0.3, -0.25) is 4.79 Å². The molecule has 0 saturated carbocycles. The highest BCUT2D eigenvalue weighted by molar-refractivity contribution is 5.94. The molecule has 3 nitrogen and oxygen atoms in total. The van der Waals surface area contributed by atoms with Crippen molar-refractivity contribution in [2.24, 2.45) is 0 Å². The summed E-state index contributed by atoms with van der Waals surface area (Å²) in [4.78, 5) is 12.1. The number of amides is 1. The molecule has 1 aliphatic heterocycles. The second kappa shape index (κ2) is 5.66. The molecule has 108 valence electrons. The maximum absolute atomic E-state index is 13.2. The number of rotatable bonds is 3. The Morgan fingerprint density at radius 3 is 2.81 bits per heavy atom. The average Bonchev–Trinajstić information content (AvgIpc) is 2.95. The first kappa shape index (κ1) is 13.8. The zero-order chi connectivity index (χ0) is 14.8. The molecule has 2 N–H and O–H groups in total. The molecule has 0 radical (unpaired) electrons. The highest BCUT2D eigenvalue weighted by Crippen LogP contribution is 2.17. The zero-order valence-electron chi connectivity index (χ0n) is 11.9. The molecule has 0 aliphatic carbocycles. The van der Waals surface area contributed by atoms with E-state index in [2.05, 4.69) is 22.8 Å². The van der Waals surface area contributed by atoms with Crippen molar-refractivity contribution in [3.63, 3.8) is 0 Å². The Hall–Kier alpha value is -2.20. The Labute approximate surface area is 123 Å². The third-order valence-electron chi connectivity index (χ3n) is 3.77. The van der Waals surface area contributed by atoms with Crippen LogP contribution >= 0.6 is 0 Å². The van der Waals surface area contributed by atoms with Crippen LogP contribution < -0.4 is 10.6 Å². The fraction of sp³-hybridized carbons (Fsp3) is 0.235. The summed E-state index contributed by atoms with van der Waals surface area (Å²) in [7, 11) is 0. The lowest BCUT2D eigenvalue weighted by atomic mass is 10.1. The van der Waals surface area contributed by atoms with Crippen molar-refractivity contribution >= 4 is 5.91 Å². The van der Waals surface area contributed by atoms with Crippen LogP contribution in [0.15, 0.2) is 36.4 Å². The standard InChI is InChI=1S/C17H17FN2O/c1-11-6-13(4-5-16(11)18)17(21)20-8-12-2-3-14-9-19-10-15(14)7-12/h2-7,19H,8-10H2,1H3,(H,20,21). The van der Waals surface area contributed by atoms with Crippen molar-refractivity contribution in [1.82, 2.24) is 10.6 Å². The van der Waals surface area contributed by atoms with Gasteiger partial charge in [0.05, 0.1) is 0 Å². The summed E-state index contributed by atoms with van der Waals surface area (Å²) in [5, 5.41) is 6.17. The highest BCUT2D eigenvalue weighted by Gasteiger charge is 2.11. The van der Waals surface area contributed by atoms with Crippen molar-refractivity contribution in [1.29, 1.82) is 0 Å². The van der Waals surface area contributed by atoms with Gasteiger partial charge in [0.2, 0.25) is 0 Å². The minimum absolute atomic E-state index is 0.184. The Balaban J connectivity index is 1.67. The highest BCUT2D eigenvalue weighted by atomic mass is 19.1. The largest absolute Gasteiger partial charge is 0.348 e. The van der Waals surface area contributed by atoms with Gasteiger partial charge in [-0.25, -0.2) is 4.39 Å². The number of hydrogen-bond acceptors (Lipinski definition) is 2. The number of benzene rings is 2. The van der Waals surface area contributed by atoms with Gasteiger partial charge in [-0.1, -0.05) is 18.2 Å². The summed E-state index contributed by atoms with van der Waals surface area (Å²) in [6, 6.07) is 10.6. The maximum Gasteiger partial charge on any atom is 0.251 e. The topological polar surface area (TPSA) is 41.1 Å². The van der Waals surface area contributed by atoms with E-state index in [-0.39, 0.29) is 11.7 Å². The van der Waals surface area contributed by atoms with Crippen LogP contribution in [0.2, 0.25) is 0 Å². The smallest absolute Gasteiger partial charge is 0.251 e. The van der Waals surface area contributed by atoms with Crippen LogP contribution in [0, 0.1) is 12.7 Å². The molecule has 0 saturated heterocycles. The first-order valence-corrected chi connectivity index (χ1v) is 6.99. The second-order valence-electron chi connectivity index (χ2n) is 5.35. The van der Waals surface area contributed by atoms with Crippen LogP contribution in [0.25, 0.3) is 0 Å². The molecule has 0 fully saturated rings. The molecule has 21 heavy (non-hydrogen) atoms. The van der Waals surface area contributed by atoms with Crippen LogP contribution in [0.4, 0.5) is 4.39 Å². The van der Waals surface area contributed by atoms with E-state index >= 15 is 0 Å². The third-order valence-corrected chi connectivity index (χ3v) is 3.77. The molecule has 0 unspecified atom stereocenters. The number of aryl methyl sites for hydroxylation is 1. The van der Waals surface area contributed by atoms with Gasteiger partial charge in [-0.2, -0.15) is 0 Å². The minimum atomic E-state index is -0.294. The van der Waals surface area contributed by atoms with E-state index in [9.17, 15) is 9.18 Å². The lowest BCUT2D eigenvalue weighted by Gasteiger charge is -2.08. The van der Waals surface area contributed by atoms with Crippen molar-refractivity contribution < 1.29 is 9.18 Å². The number of hydrogen-bond donors (Lipinski definition) is 2. The van der Waals surface area contributed by atoms with Gasteiger partial charge in [-0.15, -0.1) is 0 Å². The van der Waals surface area contributed by atoms with Gasteiger partial charge in [0.25, 0.3) is 5.91 Å². The van der Waals surface area contributed by atoms with Gasteiger partial charge < -0.3 is 10.6 Å². The predicted molar refractivity (Wildman–Crippen MR) is 79.3 cm³/mol. The van der Waals surface area contributed by atoms with E-state index in [4.69, 9.17) is 0 Å². The number of fused-ring (bicyclic) bond motifs is 1. The van der Waals surface area contributed by atoms with E-state index in [1.54, 1.807) is 13.0 Å². The van der Waals surface area contributed by atoms with Gasteiger partial charge in [0.15, 0.2) is 0 Å². The Kier molecular flexibility index (Phi) is 3.71. The zero-order valence-corrected chi connectivity index (χ0v) is 11.9. The molecule has 1 heterocycles. The fourth-order valence-corrected chi connectivity index (χ4v) is 2.53. The molecule has 2 aromatic carbocycles. The van der Waals surface area contributed by atoms with Crippen LogP contribution in [0.5, 0.6) is 0 Å². The van der Waals surface area contributed by atoms with Crippen LogP contribution in [0.3, 0.4) is 0 Å². The lowest BCUT2D eigenvalue weighted by Crippen LogP contribution is -2.23. The summed E-state index contributed by atoms with van der Waals surface area (Å²) < 4.78 is 13.2. The van der Waals surface area contributed by atoms with Crippen molar-refractivity contribution in [2.45, 2.75) is 26.6 Å². The van der Waals surface area contributed by atoms with Crippen molar-refractivity contribution in [2.75, 3.05) is 0 Å². The Morgan fingerprint density at radius 1 is 1.19 bits per heavy atom. The van der Waals surface area contributed by atoms with Gasteiger partial charge in [0, 0.05) is 25.2 Å². The number of carbonyl (C=O) groups excluding carboxylic acids is 1. The summed E-state index contributed by atoms with van der Waals surface area (Å²) in [6.45, 7) is 3.92. The summed E-state index contributed by atoms with van der Waals surface area (Å²) in [5.74, 6) is -0.477. The minimum Gasteiger partial charge on any atom is -0.348 e. The molecule has 0 spiro atoms.